The normalized spacial score (nSPS) is 12.3. The summed E-state index contributed by atoms with van der Waals surface area (Å²) in [6.07, 6.45) is 4.98. The first-order valence-electron chi connectivity index (χ1n) is 7.89. The number of benzene rings is 1. The van der Waals surface area contributed by atoms with Crippen LogP contribution in [-0.2, 0) is 9.59 Å². The molecular formula is C18H25NO4. The third-order valence-electron chi connectivity index (χ3n) is 3.32. The van der Waals surface area contributed by atoms with E-state index in [1.807, 2.05) is 24.3 Å². The number of carbonyl (C=O) groups excluding carboxylic acids is 1. The van der Waals surface area contributed by atoms with E-state index in [1.165, 1.54) is 6.08 Å². The summed E-state index contributed by atoms with van der Waals surface area (Å²) < 4.78 is 5.69. The van der Waals surface area contributed by atoms with Gasteiger partial charge in [-0.2, -0.15) is 0 Å². The van der Waals surface area contributed by atoms with Crippen molar-refractivity contribution in [3.8, 4) is 5.75 Å². The number of amides is 1. The maximum atomic E-state index is 11.9. The maximum Gasteiger partial charge on any atom is 0.326 e. The van der Waals surface area contributed by atoms with E-state index >= 15 is 0 Å². The Bertz CT molecular complexity index is 552. The van der Waals surface area contributed by atoms with E-state index in [2.05, 4.69) is 12.2 Å². The second-order valence-electron chi connectivity index (χ2n) is 5.64. The lowest BCUT2D eigenvalue weighted by Crippen LogP contribution is -2.43. The fraction of sp³-hybridized carbons (Fsp3) is 0.444. The topological polar surface area (TPSA) is 75.6 Å². The molecule has 5 nitrogen and oxygen atoms in total. The molecule has 0 aromatic heterocycles. The summed E-state index contributed by atoms with van der Waals surface area (Å²) in [7, 11) is 0. The van der Waals surface area contributed by atoms with Crippen LogP contribution in [0.25, 0.3) is 6.08 Å². The molecule has 1 rings (SSSR count). The van der Waals surface area contributed by atoms with E-state index in [4.69, 9.17) is 9.84 Å². The van der Waals surface area contributed by atoms with Gasteiger partial charge in [0.2, 0.25) is 5.91 Å². The first kappa shape index (κ1) is 18.7. The van der Waals surface area contributed by atoms with Gasteiger partial charge in [-0.15, -0.1) is 0 Å². The van der Waals surface area contributed by atoms with Crippen LogP contribution in [0.2, 0.25) is 0 Å². The lowest BCUT2D eigenvalue weighted by atomic mass is 10.0. The van der Waals surface area contributed by atoms with Crippen molar-refractivity contribution in [3.63, 3.8) is 0 Å². The number of hydrogen-bond acceptors (Lipinski definition) is 3. The Morgan fingerprint density at radius 3 is 2.61 bits per heavy atom. The second kappa shape index (κ2) is 9.66. The highest BCUT2D eigenvalue weighted by Gasteiger charge is 2.22. The SMILES string of the molecule is CCCCOc1ccccc1/C=C/C(=O)NC(C(=O)O)C(C)C. The summed E-state index contributed by atoms with van der Waals surface area (Å²) in [5.74, 6) is -0.947. The number of carboxylic acid groups (broad SMARTS) is 1. The molecule has 0 bridgehead atoms. The van der Waals surface area contributed by atoms with Crippen LogP contribution < -0.4 is 10.1 Å². The first-order chi connectivity index (χ1) is 11.0. The third-order valence-corrected chi connectivity index (χ3v) is 3.32. The van der Waals surface area contributed by atoms with E-state index in [9.17, 15) is 9.59 Å². The Morgan fingerprint density at radius 1 is 1.30 bits per heavy atom. The van der Waals surface area contributed by atoms with Gasteiger partial charge in [-0.1, -0.05) is 45.4 Å². The van der Waals surface area contributed by atoms with Crippen LogP contribution in [0.3, 0.4) is 0 Å². The molecule has 1 aromatic rings. The molecule has 2 N–H and O–H groups in total. The van der Waals surface area contributed by atoms with Crippen molar-refractivity contribution in [1.82, 2.24) is 5.32 Å². The molecule has 1 amide bonds. The van der Waals surface area contributed by atoms with E-state index in [1.54, 1.807) is 19.9 Å². The predicted molar refractivity (Wildman–Crippen MR) is 90.3 cm³/mol. The molecule has 1 atom stereocenters. The van der Waals surface area contributed by atoms with Crippen LogP contribution >= 0.6 is 0 Å². The molecule has 0 radical (unpaired) electrons. The van der Waals surface area contributed by atoms with Crippen LogP contribution in [0.1, 0.15) is 39.2 Å². The van der Waals surface area contributed by atoms with Crippen LogP contribution in [0.5, 0.6) is 5.75 Å². The average Bonchev–Trinajstić information content (AvgIpc) is 2.51. The van der Waals surface area contributed by atoms with Gasteiger partial charge in [0.15, 0.2) is 0 Å². The van der Waals surface area contributed by atoms with Gasteiger partial charge in [0.25, 0.3) is 0 Å². The van der Waals surface area contributed by atoms with Crippen molar-refractivity contribution in [2.45, 2.75) is 39.7 Å². The zero-order chi connectivity index (χ0) is 17.2. The van der Waals surface area contributed by atoms with Crippen molar-refractivity contribution in [1.29, 1.82) is 0 Å². The molecule has 0 spiro atoms. The van der Waals surface area contributed by atoms with Gasteiger partial charge in [-0.05, 0) is 24.5 Å². The smallest absolute Gasteiger partial charge is 0.326 e. The van der Waals surface area contributed by atoms with E-state index in [0.29, 0.717) is 12.4 Å². The molecule has 23 heavy (non-hydrogen) atoms. The molecule has 0 saturated carbocycles. The molecule has 5 heteroatoms. The Labute approximate surface area is 137 Å². The van der Waals surface area contributed by atoms with Gasteiger partial charge in [-0.25, -0.2) is 4.79 Å². The molecule has 126 valence electrons. The Kier molecular flexibility index (Phi) is 7.88. The Balaban J connectivity index is 2.72. The van der Waals surface area contributed by atoms with Crippen molar-refractivity contribution in [2.24, 2.45) is 5.92 Å². The molecule has 1 aromatic carbocycles. The van der Waals surface area contributed by atoms with E-state index < -0.39 is 17.9 Å². The summed E-state index contributed by atoms with van der Waals surface area (Å²) in [5, 5.41) is 11.6. The van der Waals surface area contributed by atoms with Crippen LogP contribution in [0.15, 0.2) is 30.3 Å². The number of ether oxygens (including phenoxy) is 1. The molecule has 1 unspecified atom stereocenters. The van der Waals surface area contributed by atoms with Gasteiger partial charge in [0.1, 0.15) is 11.8 Å². The largest absolute Gasteiger partial charge is 0.493 e. The minimum Gasteiger partial charge on any atom is -0.493 e. The summed E-state index contributed by atoms with van der Waals surface area (Å²) in [5.41, 5.74) is 0.787. The van der Waals surface area contributed by atoms with Crippen LogP contribution in [0, 0.1) is 5.92 Å². The fourth-order valence-electron chi connectivity index (χ4n) is 1.96. The molecule has 0 aliphatic rings. The number of rotatable bonds is 9. The van der Waals surface area contributed by atoms with E-state index in [-0.39, 0.29) is 5.92 Å². The lowest BCUT2D eigenvalue weighted by Gasteiger charge is -2.16. The molecule has 0 saturated heterocycles. The van der Waals surface area contributed by atoms with Gasteiger partial charge < -0.3 is 15.2 Å². The second-order valence-corrected chi connectivity index (χ2v) is 5.64. The summed E-state index contributed by atoms with van der Waals surface area (Å²) >= 11 is 0. The lowest BCUT2D eigenvalue weighted by molar-refractivity contribution is -0.142. The molecule has 0 aliphatic heterocycles. The zero-order valence-electron chi connectivity index (χ0n) is 13.9. The molecule has 0 heterocycles. The number of carbonyl (C=O) groups is 2. The van der Waals surface area contributed by atoms with Crippen molar-refractivity contribution in [2.75, 3.05) is 6.61 Å². The number of unbranched alkanes of at least 4 members (excludes halogenated alkanes) is 1. The quantitative estimate of drug-likeness (QED) is 0.542. The predicted octanol–water partition coefficient (Wildman–Crippen LogP) is 3.10. The fourth-order valence-corrected chi connectivity index (χ4v) is 1.96. The van der Waals surface area contributed by atoms with Crippen molar-refractivity contribution >= 4 is 18.0 Å². The number of nitrogens with one attached hydrogen (secondary N) is 1. The zero-order valence-corrected chi connectivity index (χ0v) is 13.9. The minimum atomic E-state index is -1.04. The highest BCUT2D eigenvalue weighted by atomic mass is 16.5. The van der Waals surface area contributed by atoms with Gasteiger partial charge >= 0.3 is 5.97 Å². The number of carboxylic acids is 1. The molecular weight excluding hydrogens is 294 g/mol. The van der Waals surface area contributed by atoms with Crippen molar-refractivity contribution in [3.05, 3.63) is 35.9 Å². The van der Waals surface area contributed by atoms with Crippen LogP contribution in [-0.4, -0.2) is 29.6 Å². The number of hydrogen-bond donors (Lipinski definition) is 2. The highest BCUT2D eigenvalue weighted by Crippen LogP contribution is 2.19. The highest BCUT2D eigenvalue weighted by molar-refractivity contribution is 5.94. The molecule has 0 fully saturated rings. The summed E-state index contributed by atoms with van der Waals surface area (Å²) in [6, 6.07) is 6.53. The Morgan fingerprint density at radius 2 is 2.00 bits per heavy atom. The number of aliphatic carboxylic acids is 1. The van der Waals surface area contributed by atoms with Crippen molar-refractivity contribution < 1.29 is 19.4 Å². The number of para-hydroxylation sites is 1. The monoisotopic (exact) mass is 319 g/mol. The van der Waals surface area contributed by atoms with Crippen LogP contribution in [0.4, 0.5) is 0 Å². The van der Waals surface area contributed by atoms with Gasteiger partial charge in [0, 0.05) is 11.6 Å². The first-order valence-corrected chi connectivity index (χ1v) is 7.89. The average molecular weight is 319 g/mol. The maximum absolute atomic E-state index is 11.9. The third kappa shape index (κ3) is 6.55. The Hall–Kier alpha value is -2.30. The van der Waals surface area contributed by atoms with Gasteiger partial charge in [0.05, 0.1) is 6.61 Å². The van der Waals surface area contributed by atoms with E-state index in [0.717, 1.165) is 18.4 Å². The van der Waals surface area contributed by atoms with Gasteiger partial charge in [-0.3, -0.25) is 4.79 Å². The summed E-state index contributed by atoms with van der Waals surface area (Å²) in [4.78, 5) is 23.0. The standard InChI is InChI=1S/C18H25NO4/c1-4-5-12-23-15-9-7-6-8-14(15)10-11-16(20)19-17(13(2)3)18(21)22/h6-11,13,17H,4-5,12H2,1-3H3,(H,19,20)(H,21,22)/b11-10+. The summed E-state index contributed by atoms with van der Waals surface area (Å²) in [6.45, 7) is 6.22. The molecule has 0 aliphatic carbocycles. The minimum absolute atomic E-state index is 0.186.